The Labute approximate surface area is 148 Å². The van der Waals surface area contributed by atoms with E-state index in [4.69, 9.17) is 13.9 Å². The fourth-order valence-electron chi connectivity index (χ4n) is 3.50. The molecule has 2 aromatic rings. The zero-order valence-electron chi connectivity index (χ0n) is 14.6. The van der Waals surface area contributed by atoms with Gasteiger partial charge in [-0.15, -0.1) is 0 Å². The molecule has 0 radical (unpaired) electrons. The topological polar surface area (TPSA) is 38.1 Å². The monoisotopic (exact) mass is 340 g/mol. The summed E-state index contributed by atoms with van der Waals surface area (Å²) in [6, 6.07) is 10.0. The maximum absolute atomic E-state index is 5.95. The van der Waals surface area contributed by atoms with Crippen LogP contribution in [0.25, 0.3) is 6.08 Å². The van der Waals surface area contributed by atoms with Gasteiger partial charge in [0.1, 0.15) is 12.4 Å². The first-order chi connectivity index (χ1) is 12.3. The minimum absolute atomic E-state index is 0.639. The van der Waals surface area contributed by atoms with Gasteiger partial charge in [-0.1, -0.05) is 12.1 Å². The third kappa shape index (κ3) is 3.72. The number of fused-ring (bicyclic) bond motifs is 1. The molecule has 0 amide bonds. The summed E-state index contributed by atoms with van der Waals surface area (Å²) in [5.41, 5.74) is 2.43. The van der Waals surface area contributed by atoms with Gasteiger partial charge in [-0.05, 0) is 29.8 Å². The van der Waals surface area contributed by atoms with Crippen LogP contribution < -0.4 is 9.47 Å². The maximum atomic E-state index is 5.95. The fraction of sp³-hybridized carbons (Fsp3) is 0.400. The zero-order chi connectivity index (χ0) is 17.1. The molecule has 1 aromatic heterocycles. The van der Waals surface area contributed by atoms with Gasteiger partial charge >= 0.3 is 0 Å². The number of furan rings is 1. The van der Waals surface area contributed by atoms with Gasteiger partial charge in [-0.2, -0.15) is 0 Å². The van der Waals surface area contributed by atoms with Crippen LogP contribution in [0, 0.1) is 0 Å². The van der Waals surface area contributed by atoms with Crippen LogP contribution in [-0.2, 0) is 6.54 Å². The summed E-state index contributed by atoms with van der Waals surface area (Å²) in [5.74, 6) is 2.71. The molecule has 5 nitrogen and oxygen atoms in total. The lowest BCUT2D eigenvalue weighted by Crippen LogP contribution is -2.46. The molecule has 25 heavy (non-hydrogen) atoms. The highest BCUT2D eigenvalue weighted by atomic mass is 16.5. The first-order valence-electron chi connectivity index (χ1n) is 8.78. The third-order valence-corrected chi connectivity index (χ3v) is 4.84. The van der Waals surface area contributed by atoms with E-state index in [0.29, 0.717) is 6.61 Å². The number of para-hydroxylation sites is 1. The summed E-state index contributed by atoms with van der Waals surface area (Å²) in [5, 5.41) is 0. The van der Waals surface area contributed by atoms with E-state index < -0.39 is 0 Å². The lowest BCUT2D eigenvalue weighted by Gasteiger charge is -2.35. The van der Waals surface area contributed by atoms with Crippen LogP contribution >= 0.6 is 0 Å². The Kier molecular flexibility index (Phi) is 4.76. The van der Waals surface area contributed by atoms with E-state index in [9.17, 15) is 0 Å². The van der Waals surface area contributed by atoms with Crippen LogP contribution in [-0.4, -0.2) is 56.2 Å². The van der Waals surface area contributed by atoms with Crippen LogP contribution in [0.5, 0.6) is 11.5 Å². The lowest BCUT2D eigenvalue weighted by molar-refractivity contribution is 0.126. The quantitative estimate of drug-likeness (QED) is 0.837. The van der Waals surface area contributed by atoms with Crippen molar-refractivity contribution in [3.8, 4) is 11.5 Å². The zero-order valence-corrected chi connectivity index (χ0v) is 14.6. The number of methoxy groups -OCH3 is 1. The van der Waals surface area contributed by atoms with Crippen molar-refractivity contribution >= 4 is 6.08 Å². The van der Waals surface area contributed by atoms with Crippen LogP contribution in [0.15, 0.2) is 46.6 Å². The lowest BCUT2D eigenvalue weighted by atomic mass is 10.1. The second-order valence-electron chi connectivity index (χ2n) is 6.60. The summed E-state index contributed by atoms with van der Waals surface area (Å²) in [6.45, 7) is 6.79. The SMILES string of the molecule is COc1cccc2c1OCC(CN1CCN(Cc3ccco3)CC1)=C2. The average Bonchev–Trinajstić information content (AvgIpc) is 3.15. The van der Waals surface area contributed by atoms with Gasteiger partial charge in [-0.25, -0.2) is 0 Å². The number of rotatable bonds is 5. The van der Waals surface area contributed by atoms with Crippen molar-refractivity contribution in [2.45, 2.75) is 6.54 Å². The normalized spacial score (nSPS) is 18.4. The van der Waals surface area contributed by atoms with Crippen molar-refractivity contribution in [1.29, 1.82) is 0 Å². The van der Waals surface area contributed by atoms with Gasteiger partial charge in [0.05, 0.1) is 19.9 Å². The van der Waals surface area contributed by atoms with E-state index in [-0.39, 0.29) is 0 Å². The van der Waals surface area contributed by atoms with E-state index in [1.54, 1.807) is 13.4 Å². The minimum atomic E-state index is 0.639. The summed E-state index contributed by atoms with van der Waals surface area (Å²) in [7, 11) is 1.68. The molecule has 2 aliphatic heterocycles. The number of piperazine rings is 1. The van der Waals surface area contributed by atoms with Gasteiger partial charge in [-0.3, -0.25) is 9.80 Å². The molecule has 0 unspecified atom stereocenters. The van der Waals surface area contributed by atoms with E-state index in [1.807, 2.05) is 24.3 Å². The highest BCUT2D eigenvalue weighted by Gasteiger charge is 2.21. The van der Waals surface area contributed by atoms with Crippen molar-refractivity contribution in [1.82, 2.24) is 9.80 Å². The highest BCUT2D eigenvalue weighted by molar-refractivity contribution is 5.66. The summed E-state index contributed by atoms with van der Waals surface area (Å²) in [6.07, 6.45) is 3.99. The first kappa shape index (κ1) is 16.2. The van der Waals surface area contributed by atoms with Gasteiger partial charge in [0.15, 0.2) is 11.5 Å². The Morgan fingerprint density at radius 1 is 1.00 bits per heavy atom. The maximum Gasteiger partial charge on any atom is 0.168 e. The Balaban J connectivity index is 1.33. The Morgan fingerprint density at radius 3 is 2.52 bits per heavy atom. The molecule has 4 rings (SSSR count). The largest absolute Gasteiger partial charge is 0.493 e. The third-order valence-electron chi connectivity index (χ3n) is 4.84. The van der Waals surface area contributed by atoms with Gasteiger partial charge in [0, 0.05) is 38.3 Å². The number of benzene rings is 1. The molecule has 0 aliphatic carbocycles. The summed E-state index contributed by atoms with van der Waals surface area (Å²) < 4.78 is 16.8. The predicted molar refractivity (Wildman–Crippen MR) is 96.9 cm³/mol. The molecule has 0 atom stereocenters. The second-order valence-corrected chi connectivity index (χ2v) is 6.60. The number of nitrogens with zero attached hydrogens (tertiary/aromatic N) is 2. The average molecular weight is 340 g/mol. The van der Waals surface area contributed by atoms with Crippen molar-refractivity contribution in [2.75, 3.05) is 46.4 Å². The standard InChI is InChI=1S/C20H24N2O3/c1-23-19-6-2-4-17-12-16(15-25-20(17)19)13-21-7-9-22(10-8-21)14-18-5-3-11-24-18/h2-6,11-12H,7-10,13-15H2,1H3. The highest BCUT2D eigenvalue weighted by Crippen LogP contribution is 2.35. The van der Waals surface area contributed by atoms with Crippen molar-refractivity contribution in [2.24, 2.45) is 0 Å². The van der Waals surface area contributed by atoms with Crippen molar-refractivity contribution in [3.05, 3.63) is 53.5 Å². The van der Waals surface area contributed by atoms with Crippen molar-refractivity contribution < 1.29 is 13.9 Å². The molecule has 1 aromatic carbocycles. The molecule has 2 aliphatic rings. The molecule has 0 spiro atoms. The van der Waals surface area contributed by atoms with Gasteiger partial charge < -0.3 is 13.9 Å². The molecule has 0 saturated carbocycles. The van der Waals surface area contributed by atoms with Gasteiger partial charge in [0.25, 0.3) is 0 Å². The van der Waals surface area contributed by atoms with Crippen molar-refractivity contribution in [3.63, 3.8) is 0 Å². The van der Waals surface area contributed by atoms with Crippen LogP contribution in [0.2, 0.25) is 0 Å². The van der Waals surface area contributed by atoms with Crippen LogP contribution in [0.4, 0.5) is 0 Å². The molecule has 1 fully saturated rings. The van der Waals surface area contributed by atoms with Crippen LogP contribution in [0.1, 0.15) is 11.3 Å². The molecular formula is C20H24N2O3. The van der Waals surface area contributed by atoms with E-state index in [0.717, 1.165) is 62.1 Å². The van der Waals surface area contributed by atoms with E-state index in [2.05, 4.69) is 21.9 Å². The Hall–Kier alpha value is -2.24. The van der Waals surface area contributed by atoms with E-state index >= 15 is 0 Å². The van der Waals surface area contributed by atoms with Gasteiger partial charge in [0.2, 0.25) is 0 Å². The second kappa shape index (κ2) is 7.33. The minimum Gasteiger partial charge on any atom is -0.493 e. The molecule has 1 saturated heterocycles. The Bertz CT molecular complexity index is 731. The predicted octanol–water partition coefficient (Wildman–Crippen LogP) is 2.88. The molecule has 0 N–H and O–H groups in total. The first-order valence-corrected chi connectivity index (χ1v) is 8.78. The number of hydrogen-bond acceptors (Lipinski definition) is 5. The van der Waals surface area contributed by atoms with E-state index in [1.165, 1.54) is 5.57 Å². The molecule has 0 bridgehead atoms. The molecule has 3 heterocycles. The molecule has 132 valence electrons. The number of hydrogen-bond donors (Lipinski definition) is 0. The number of ether oxygens (including phenoxy) is 2. The van der Waals surface area contributed by atoms with Crippen LogP contribution in [0.3, 0.4) is 0 Å². The molecule has 5 heteroatoms. The summed E-state index contributed by atoms with van der Waals surface area (Å²) >= 11 is 0. The Morgan fingerprint density at radius 2 is 1.80 bits per heavy atom. The molecular weight excluding hydrogens is 316 g/mol. The summed E-state index contributed by atoms with van der Waals surface area (Å²) in [4.78, 5) is 4.94. The smallest absolute Gasteiger partial charge is 0.168 e. The fourth-order valence-corrected chi connectivity index (χ4v) is 3.50.